The van der Waals surface area contributed by atoms with E-state index in [2.05, 4.69) is 150 Å². The van der Waals surface area contributed by atoms with Gasteiger partial charge in [-0.15, -0.1) is 0 Å². The maximum atomic E-state index is 5.03. The second kappa shape index (κ2) is 9.63. The quantitative estimate of drug-likeness (QED) is 0.195. The Morgan fingerprint density at radius 3 is 1.93 bits per heavy atom. The van der Waals surface area contributed by atoms with E-state index in [0.29, 0.717) is 0 Å². The highest BCUT2D eigenvalue weighted by Gasteiger charge is 2.26. The van der Waals surface area contributed by atoms with Gasteiger partial charge in [-0.1, -0.05) is 111 Å². The van der Waals surface area contributed by atoms with E-state index in [9.17, 15) is 0 Å². The third-order valence-electron chi connectivity index (χ3n) is 9.52. The minimum atomic E-state index is -0.273. The second-order valence-electron chi connectivity index (χ2n) is 12.3. The van der Waals surface area contributed by atoms with E-state index in [1.165, 1.54) is 32.7 Å². The van der Waals surface area contributed by atoms with Gasteiger partial charge in [-0.3, -0.25) is 8.97 Å². The highest BCUT2D eigenvalue weighted by atomic mass is 15.1. The standard InChI is InChI=1S/C41H30N4/c1-41(2,29-20-22-33-32-15-7-8-16-35(32)44(37(33)25-29)39-18-10-11-23-42-39)28-19-21-30-31-14-6-9-17-36(31)45-38(27-12-4-3-5-13-27)26-43-40(45)34(30)24-28/h3-26H,1-2H3. The Morgan fingerprint density at radius 2 is 1.16 bits per heavy atom. The molecule has 9 rings (SSSR count). The summed E-state index contributed by atoms with van der Waals surface area (Å²) in [4.78, 5) is 9.77. The predicted octanol–water partition coefficient (Wildman–Crippen LogP) is 10.1. The predicted molar refractivity (Wildman–Crippen MR) is 186 cm³/mol. The molecule has 0 unspecified atom stereocenters. The van der Waals surface area contributed by atoms with Crippen molar-refractivity contribution in [2.45, 2.75) is 19.3 Å². The van der Waals surface area contributed by atoms with Crippen LogP contribution in [-0.4, -0.2) is 18.9 Å². The van der Waals surface area contributed by atoms with Crippen LogP contribution < -0.4 is 0 Å². The number of nitrogens with zero attached hydrogens (tertiary/aromatic N) is 4. The first-order chi connectivity index (χ1) is 22.1. The van der Waals surface area contributed by atoms with E-state index in [4.69, 9.17) is 9.97 Å². The SMILES string of the molecule is CC(C)(c1ccc2c3ccccc3n3c(-c4ccccc4)cnc3c2c1)c1ccc2c3ccccc3n(-c3ccccn3)c2c1. The van der Waals surface area contributed by atoms with Crippen molar-refractivity contribution in [3.63, 3.8) is 0 Å². The zero-order valence-corrected chi connectivity index (χ0v) is 25.1. The minimum absolute atomic E-state index is 0.273. The van der Waals surface area contributed by atoms with Crippen molar-refractivity contribution in [3.8, 4) is 17.1 Å². The molecule has 0 radical (unpaired) electrons. The summed E-state index contributed by atoms with van der Waals surface area (Å²) in [6.45, 7) is 4.64. The monoisotopic (exact) mass is 578 g/mol. The molecule has 4 heterocycles. The lowest BCUT2D eigenvalue weighted by Gasteiger charge is -2.27. The van der Waals surface area contributed by atoms with Gasteiger partial charge in [0.25, 0.3) is 0 Å². The van der Waals surface area contributed by atoms with Crippen molar-refractivity contribution in [1.29, 1.82) is 0 Å². The average molecular weight is 579 g/mol. The van der Waals surface area contributed by atoms with E-state index in [1.807, 2.05) is 18.5 Å². The molecule has 0 amide bonds. The fourth-order valence-corrected chi connectivity index (χ4v) is 7.11. The number of hydrogen-bond acceptors (Lipinski definition) is 2. The summed E-state index contributed by atoms with van der Waals surface area (Å²) in [7, 11) is 0. The summed E-state index contributed by atoms with van der Waals surface area (Å²) in [6.07, 6.45) is 3.88. The Hall–Kier alpha value is -5.74. The number of hydrogen-bond donors (Lipinski definition) is 0. The van der Waals surface area contributed by atoms with Gasteiger partial charge in [-0.25, -0.2) is 9.97 Å². The van der Waals surface area contributed by atoms with Gasteiger partial charge in [0.15, 0.2) is 0 Å². The van der Waals surface area contributed by atoms with Gasteiger partial charge < -0.3 is 0 Å². The van der Waals surface area contributed by atoms with E-state index in [0.717, 1.165) is 44.7 Å². The summed E-state index contributed by atoms with van der Waals surface area (Å²) in [5.74, 6) is 0.923. The van der Waals surface area contributed by atoms with Crippen molar-refractivity contribution in [2.75, 3.05) is 0 Å². The van der Waals surface area contributed by atoms with E-state index >= 15 is 0 Å². The molecule has 4 nitrogen and oxygen atoms in total. The molecule has 0 atom stereocenters. The zero-order chi connectivity index (χ0) is 30.1. The Morgan fingerprint density at radius 1 is 0.511 bits per heavy atom. The lowest BCUT2D eigenvalue weighted by atomic mass is 9.77. The van der Waals surface area contributed by atoms with E-state index < -0.39 is 0 Å². The molecule has 9 aromatic rings. The molecule has 0 fully saturated rings. The molecule has 0 bridgehead atoms. The van der Waals surface area contributed by atoms with Crippen LogP contribution in [0.5, 0.6) is 0 Å². The van der Waals surface area contributed by atoms with Gasteiger partial charge in [0.05, 0.1) is 28.4 Å². The molecule has 0 saturated carbocycles. The minimum Gasteiger partial charge on any atom is -0.294 e. The highest BCUT2D eigenvalue weighted by Crippen LogP contribution is 2.40. The Bertz CT molecular complexity index is 2560. The first-order valence-corrected chi connectivity index (χ1v) is 15.4. The van der Waals surface area contributed by atoms with Gasteiger partial charge in [0.1, 0.15) is 11.5 Å². The van der Waals surface area contributed by atoms with Crippen LogP contribution in [0.2, 0.25) is 0 Å². The van der Waals surface area contributed by atoms with Crippen molar-refractivity contribution >= 4 is 49.1 Å². The van der Waals surface area contributed by atoms with Gasteiger partial charge in [0.2, 0.25) is 0 Å². The molecular weight excluding hydrogens is 548 g/mol. The van der Waals surface area contributed by atoms with Crippen LogP contribution in [-0.2, 0) is 5.41 Å². The van der Waals surface area contributed by atoms with E-state index in [-0.39, 0.29) is 5.41 Å². The van der Waals surface area contributed by atoms with Crippen molar-refractivity contribution in [2.24, 2.45) is 0 Å². The Kier molecular flexibility index (Phi) is 5.51. The summed E-state index contributed by atoms with van der Waals surface area (Å²) in [5, 5.41) is 6.06. The molecule has 0 aliphatic carbocycles. The summed E-state index contributed by atoms with van der Waals surface area (Å²) < 4.78 is 4.61. The first kappa shape index (κ1) is 25.7. The van der Waals surface area contributed by atoms with Crippen LogP contribution in [0, 0.1) is 0 Å². The number of aromatic nitrogens is 4. The van der Waals surface area contributed by atoms with Gasteiger partial charge in [-0.05, 0) is 52.9 Å². The summed E-state index contributed by atoms with van der Waals surface area (Å²) in [6, 6.07) is 47.8. The molecule has 45 heavy (non-hydrogen) atoms. The first-order valence-electron chi connectivity index (χ1n) is 15.4. The highest BCUT2D eigenvalue weighted by molar-refractivity contribution is 6.13. The maximum Gasteiger partial charge on any atom is 0.145 e. The Labute approximate surface area is 260 Å². The third-order valence-corrected chi connectivity index (χ3v) is 9.52. The largest absolute Gasteiger partial charge is 0.294 e. The Balaban J connectivity index is 1.27. The van der Waals surface area contributed by atoms with Gasteiger partial charge in [-0.2, -0.15) is 0 Å². The smallest absolute Gasteiger partial charge is 0.145 e. The molecule has 4 aromatic heterocycles. The third kappa shape index (κ3) is 3.79. The molecule has 214 valence electrons. The topological polar surface area (TPSA) is 35.1 Å². The van der Waals surface area contributed by atoms with Crippen molar-refractivity contribution < 1.29 is 0 Å². The summed E-state index contributed by atoms with van der Waals surface area (Å²) in [5.41, 5.74) is 8.94. The molecule has 4 heteroatoms. The molecule has 5 aromatic carbocycles. The lowest BCUT2D eigenvalue weighted by molar-refractivity contribution is 0.642. The normalized spacial score (nSPS) is 12.2. The van der Waals surface area contributed by atoms with Crippen LogP contribution in [0.15, 0.2) is 146 Å². The second-order valence-corrected chi connectivity index (χ2v) is 12.3. The number of para-hydroxylation sites is 2. The van der Waals surface area contributed by atoms with Gasteiger partial charge >= 0.3 is 0 Å². The lowest BCUT2D eigenvalue weighted by Crippen LogP contribution is -2.19. The maximum absolute atomic E-state index is 5.03. The fourth-order valence-electron chi connectivity index (χ4n) is 7.11. The molecule has 0 saturated heterocycles. The average Bonchev–Trinajstić information content (AvgIpc) is 3.69. The summed E-state index contributed by atoms with van der Waals surface area (Å²) >= 11 is 0. The molecule has 0 aliphatic rings. The molecule has 0 aliphatic heterocycles. The van der Waals surface area contributed by atoms with Crippen LogP contribution in [0.4, 0.5) is 0 Å². The van der Waals surface area contributed by atoms with Crippen LogP contribution in [0.1, 0.15) is 25.0 Å². The van der Waals surface area contributed by atoms with Gasteiger partial charge in [0, 0.05) is 38.7 Å². The molecule has 0 N–H and O–H groups in total. The number of benzene rings is 5. The van der Waals surface area contributed by atoms with Crippen LogP contribution >= 0.6 is 0 Å². The molecule has 0 spiro atoms. The molecular formula is C41H30N4. The van der Waals surface area contributed by atoms with Crippen LogP contribution in [0.25, 0.3) is 66.2 Å². The number of imidazole rings is 1. The zero-order valence-electron chi connectivity index (χ0n) is 25.1. The fraction of sp³-hybridized carbons (Fsp3) is 0.0732. The van der Waals surface area contributed by atoms with E-state index in [1.54, 1.807) is 0 Å². The van der Waals surface area contributed by atoms with Crippen LogP contribution in [0.3, 0.4) is 0 Å². The van der Waals surface area contributed by atoms with Crippen molar-refractivity contribution in [1.82, 2.24) is 18.9 Å². The van der Waals surface area contributed by atoms with Crippen molar-refractivity contribution in [3.05, 3.63) is 157 Å². The number of rotatable bonds is 4. The number of fused-ring (bicyclic) bond motifs is 9. The number of pyridine rings is 2.